The third-order valence-electron chi connectivity index (χ3n) is 4.81. The largest absolute Gasteiger partial charge is 0.496 e. The van der Waals surface area contributed by atoms with Gasteiger partial charge in [0.2, 0.25) is 0 Å². The zero-order chi connectivity index (χ0) is 18.9. The standard InChI is InChI=1S/C19H21F3N2O2/c1-18(23-17(25)19(20,21)22)9-10-24(12-18)11-13-5-3-7-15-14(13)6-4-8-16(15)26-2/h3-8H,9-12H2,1-2H3,(H,23,25). The van der Waals surface area contributed by atoms with E-state index in [1.165, 1.54) is 0 Å². The molecule has 0 radical (unpaired) electrons. The Balaban J connectivity index is 1.75. The zero-order valence-corrected chi connectivity index (χ0v) is 14.7. The van der Waals surface area contributed by atoms with Crippen LogP contribution in [0, 0.1) is 0 Å². The number of hydrogen-bond donors (Lipinski definition) is 1. The van der Waals surface area contributed by atoms with Crippen LogP contribution >= 0.6 is 0 Å². The van der Waals surface area contributed by atoms with Crippen molar-refractivity contribution in [3.8, 4) is 5.75 Å². The van der Waals surface area contributed by atoms with Gasteiger partial charge in [0.25, 0.3) is 0 Å². The predicted molar refractivity (Wildman–Crippen MR) is 93.0 cm³/mol. The van der Waals surface area contributed by atoms with Crippen LogP contribution in [0.2, 0.25) is 0 Å². The molecule has 1 fully saturated rings. The van der Waals surface area contributed by atoms with E-state index in [2.05, 4.69) is 10.2 Å². The van der Waals surface area contributed by atoms with Crippen molar-refractivity contribution < 1.29 is 22.7 Å². The van der Waals surface area contributed by atoms with Crippen LogP contribution in [-0.2, 0) is 11.3 Å². The maximum absolute atomic E-state index is 12.5. The summed E-state index contributed by atoms with van der Waals surface area (Å²) < 4.78 is 43.0. The second kappa shape index (κ2) is 6.79. The molecule has 1 aliphatic heterocycles. The van der Waals surface area contributed by atoms with E-state index in [-0.39, 0.29) is 0 Å². The van der Waals surface area contributed by atoms with E-state index in [4.69, 9.17) is 4.74 Å². The molecule has 0 aliphatic carbocycles. The summed E-state index contributed by atoms with van der Waals surface area (Å²) in [6.45, 7) is 3.24. The molecule has 26 heavy (non-hydrogen) atoms. The number of rotatable bonds is 4. The third kappa shape index (κ3) is 3.77. The van der Waals surface area contributed by atoms with Gasteiger partial charge in [-0.15, -0.1) is 0 Å². The second-order valence-electron chi connectivity index (χ2n) is 6.95. The van der Waals surface area contributed by atoms with Crippen LogP contribution in [0.3, 0.4) is 0 Å². The molecule has 140 valence electrons. The van der Waals surface area contributed by atoms with E-state index in [9.17, 15) is 18.0 Å². The van der Waals surface area contributed by atoms with Crippen LogP contribution in [0.5, 0.6) is 5.75 Å². The molecule has 1 N–H and O–H groups in total. The second-order valence-corrected chi connectivity index (χ2v) is 6.95. The number of hydrogen-bond acceptors (Lipinski definition) is 3. The number of carbonyl (C=O) groups excluding carboxylic acids is 1. The zero-order valence-electron chi connectivity index (χ0n) is 14.7. The topological polar surface area (TPSA) is 41.6 Å². The van der Waals surface area contributed by atoms with Crippen molar-refractivity contribution in [2.75, 3.05) is 20.2 Å². The Labute approximate surface area is 149 Å². The van der Waals surface area contributed by atoms with Gasteiger partial charge >= 0.3 is 12.1 Å². The van der Waals surface area contributed by atoms with Crippen LogP contribution < -0.4 is 10.1 Å². The molecule has 2 aromatic carbocycles. The number of nitrogens with one attached hydrogen (secondary N) is 1. The van der Waals surface area contributed by atoms with E-state index >= 15 is 0 Å². The van der Waals surface area contributed by atoms with Gasteiger partial charge in [-0.3, -0.25) is 9.69 Å². The third-order valence-corrected chi connectivity index (χ3v) is 4.81. The highest BCUT2D eigenvalue weighted by molar-refractivity contribution is 5.91. The molecule has 0 saturated carbocycles. The number of alkyl halides is 3. The van der Waals surface area contributed by atoms with Gasteiger partial charge in [-0.1, -0.05) is 30.3 Å². The first-order valence-electron chi connectivity index (χ1n) is 8.38. The number of fused-ring (bicyclic) bond motifs is 1. The van der Waals surface area contributed by atoms with Crippen molar-refractivity contribution in [3.63, 3.8) is 0 Å². The van der Waals surface area contributed by atoms with Gasteiger partial charge in [0.05, 0.1) is 12.6 Å². The number of carbonyl (C=O) groups is 1. The van der Waals surface area contributed by atoms with Crippen LogP contribution in [0.4, 0.5) is 13.2 Å². The van der Waals surface area contributed by atoms with E-state index in [1.807, 2.05) is 36.4 Å². The van der Waals surface area contributed by atoms with E-state index < -0.39 is 17.6 Å². The Hall–Kier alpha value is -2.28. The SMILES string of the molecule is COc1cccc2c(CN3CCC(C)(NC(=O)C(F)(F)F)C3)cccc12. The van der Waals surface area contributed by atoms with Crippen molar-refractivity contribution in [2.24, 2.45) is 0 Å². The first-order chi connectivity index (χ1) is 12.2. The van der Waals surface area contributed by atoms with E-state index in [1.54, 1.807) is 14.0 Å². The fraction of sp³-hybridized carbons (Fsp3) is 0.421. The summed E-state index contributed by atoms with van der Waals surface area (Å²) in [6.07, 6.45) is -4.38. The molecule has 1 aliphatic rings. The highest BCUT2D eigenvalue weighted by Gasteiger charge is 2.44. The van der Waals surface area contributed by atoms with Crippen LogP contribution in [0.15, 0.2) is 36.4 Å². The molecule has 0 aromatic heterocycles. The lowest BCUT2D eigenvalue weighted by molar-refractivity contribution is -0.175. The number of benzene rings is 2. The lowest BCUT2D eigenvalue weighted by Gasteiger charge is -2.27. The average molecular weight is 366 g/mol. The minimum atomic E-state index is -4.86. The number of methoxy groups -OCH3 is 1. The lowest BCUT2D eigenvalue weighted by Crippen LogP contribution is -2.52. The molecule has 1 amide bonds. The molecule has 1 saturated heterocycles. The van der Waals surface area contributed by atoms with Crippen molar-refractivity contribution in [2.45, 2.75) is 31.6 Å². The van der Waals surface area contributed by atoms with Gasteiger partial charge in [0, 0.05) is 25.0 Å². The number of nitrogens with zero attached hydrogens (tertiary/aromatic N) is 1. The summed E-state index contributed by atoms with van der Waals surface area (Å²) >= 11 is 0. The summed E-state index contributed by atoms with van der Waals surface area (Å²) in [5.74, 6) is -1.09. The van der Waals surface area contributed by atoms with Crippen molar-refractivity contribution in [1.29, 1.82) is 0 Å². The fourth-order valence-corrected chi connectivity index (χ4v) is 3.54. The maximum atomic E-state index is 12.5. The molecular weight excluding hydrogens is 345 g/mol. The molecular formula is C19H21F3N2O2. The highest BCUT2D eigenvalue weighted by atomic mass is 19.4. The Morgan fingerprint density at radius 3 is 2.62 bits per heavy atom. The summed E-state index contributed by atoms with van der Waals surface area (Å²) in [4.78, 5) is 13.3. The highest BCUT2D eigenvalue weighted by Crippen LogP contribution is 2.30. The molecule has 1 unspecified atom stereocenters. The van der Waals surface area contributed by atoms with Crippen LogP contribution in [0.25, 0.3) is 10.8 Å². The quantitative estimate of drug-likeness (QED) is 0.901. The maximum Gasteiger partial charge on any atom is 0.471 e. The first-order valence-corrected chi connectivity index (χ1v) is 8.38. The van der Waals surface area contributed by atoms with Crippen molar-refractivity contribution in [3.05, 3.63) is 42.0 Å². The van der Waals surface area contributed by atoms with Crippen molar-refractivity contribution >= 4 is 16.7 Å². The van der Waals surface area contributed by atoms with Gasteiger partial charge in [-0.2, -0.15) is 13.2 Å². The van der Waals surface area contributed by atoms with Gasteiger partial charge in [-0.05, 0) is 30.4 Å². The molecule has 0 spiro atoms. The molecule has 4 nitrogen and oxygen atoms in total. The molecule has 1 atom stereocenters. The molecule has 7 heteroatoms. The molecule has 0 bridgehead atoms. The van der Waals surface area contributed by atoms with Crippen molar-refractivity contribution in [1.82, 2.24) is 10.2 Å². The Morgan fingerprint density at radius 2 is 1.92 bits per heavy atom. The van der Waals surface area contributed by atoms with Crippen LogP contribution in [-0.4, -0.2) is 42.7 Å². The minimum Gasteiger partial charge on any atom is -0.496 e. The Bertz CT molecular complexity index is 822. The van der Waals surface area contributed by atoms with Crippen LogP contribution in [0.1, 0.15) is 18.9 Å². The summed E-state index contributed by atoms with van der Waals surface area (Å²) in [7, 11) is 1.62. The fourth-order valence-electron chi connectivity index (χ4n) is 3.54. The van der Waals surface area contributed by atoms with Gasteiger partial charge < -0.3 is 10.1 Å². The van der Waals surface area contributed by atoms with E-state index in [0.717, 1.165) is 22.1 Å². The molecule has 3 rings (SSSR count). The number of amides is 1. The predicted octanol–water partition coefficient (Wildman–Crippen LogP) is 3.49. The average Bonchev–Trinajstić information content (AvgIpc) is 2.94. The lowest BCUT2D eigenvalue weighted by atomic mass is 10.0. The molecule has 2 aromatic rings. The number of ether oxygens (including phenoxy) is 1. The summed E-state index contributed by atoms with van der Waals surface area (Å²) in [6, 6.07) is 11.8. The summed E-state index contributed by atoms with van der Waals surface area (Å²) in [5, 5.41) is 4.20. The minimum absolute atomic E-state index is 0.370. The Morgan fingerprint density at radius 1 is 1.23 bits per heavy atom. The Kier molecular flexibility index (Phi) is 4.84. The van der Waals surface area contributed by atoms with E-state index in [0.29, 0.717) is 26.1 Å². The monoisotopic (exact) mass is 366 g/mol. The number of likely N-dealkylation sites (tertiary alicyclic amines) is 1. The molecule has 1 heterocycles. The summed E-state index contributed by atoms with van der Waals surface area (Å²) in [5.41, 5.74) is 0.197. The normalized spacial score (nSPS) is 21.1. The van der Waals surface area contributed by atoms with Gasteiger partial charge in [0.1, 0.15) is 5.75 Å². The number of halogens is 3. The first kappa shape index (κ1) is 18.5. The van der Waals surface area contributed by atoms with Gasteiger partial charge in [-0.25, -0.2) is 0 Å². The van der Waals surface area contributed by atoms with Gasteiger partial charge in [0.15, 0.2) is 0 Å². The smallest absolute Gasteiger partial charge is 0.471 e.